The van der Waals surface area contributed by atoms with Crippen LogP contribution in [0.15, 0.2) is 28.9 Å². The second-order valence-electron chi connectivity index (χ2n) is 6.30. The van der Waals surface area contributed by atoms with Crippen LogP contribution < -0.4 is 5.32 Å². The molecule has 1 aromatic heterocycles. The molecule has 26 heavy (non-hydrogen) atoms. The van der Waals surface area contributed by atoms with Crippen LogP contribution in [0.4, 0.5) is 8.78 Å². The lowest BCUT2D eigenvalue weighted by Gasteiger charge is -2.22. The van der Waals surface area contributed by atoms with Crippen LogP contribution in [0.1, 0.15) is 42.6 Å². The summed E-state index contributed by atoms with van der Waals surface area (Å²) in [4.78, 5) is 27.7. The number of oxazole rings is 1. The Balaban J connectivity index is 1.78. The zero-order valence-electron chi connectivity index (χ0n) is 13.9. The largest absolute Gasteiger partial charge is 0.481 e. The topological polar surface area (TPSA) is 92.4 Å². The number of carboxylic acids is 1. The maximum Gasteiger partial charge on any atom is 0.308 e. The highest BCUT2D eigenvalue weighted by molar-refractivity contribution is 5.93. The molecular formula is C18H18F2N2O4. The average Bonchev–Trinajstić information content (AvgIpc) is 2.94. The van der Waals surface area contributed by atoms with E-state index in [0.717, 1.165) is 37.7 Å². The van der Waals surface area contributed by atoms with E-state index in [2.05, 4.69) is 10.3 Å². The number of carboxylic acid groups (broad SMARTS) is 1. The maximum atomic E-state index is 13.8. The molecule has 0 unspecified atom stereocenters. The van der Waals surface area contributed by atoms with Crippen molar-refractivity contribution in [1.29, 1.82) is 0 Å². The second-order valence-corrected chi connectivity index (χ2v) is 6.30. The summed E-state index contributed by atoms with van der Waals surface area (Å²) in [5.41, 5.74) is -0.611. The number of rotatable bonds is 4. The molecule has 1 fully saturated rings. The molecule has 0 radical (unpaired) electrons. The van der Waals surface area contributed by atoms with Gasteiger partial charge in [0.1, 0.15) is 23.5 Å². The molecule has 1 aromatic carbocycles. The monoisotopic (exact) mass is 364 g/mol. The fraction of sp³-hybridized carbons (Fsp3) is 0.389. The molecule has 2 aromatic rings. The zero-order chi connectivity index (χ0) is 18.7. The van der Waals surface area contributed by atoms with Crippen molar-refractivity contribution in [2.75, 3.05) is 0 Å². The Hall–Kier alpha value is -2.77. The van der Waals surface area contributed by atoms with Crippen molar-refractivity contribution >= 4 is 11.9 Å². The molecule has 6 nitrogen and oxygen atoms in total. The number of carbonyl (C=O) groups excluding carboxylic acids is 1. The first-order valence-electron chi connectivity index (χ1n) is 8.41. The Bertz CT molecular complexity index is 801. The quantitative estimate of drug-likeness (QED) is 0.812. The third-order valence-electron chi connectivity index (χ3n) is 4.56. The fourth-order valence-corrected chi connectivity index (χ4v) is 3.21. The Morgan fingerprint density at radius 2 is 1.85 bits per heavy atom. The highest BCUT2D eigenvalue weighted by Crippen LogP contribution is 2.26. The minimum absolute atomic E-state index is 0.156. The van der Waals surface area contributed by atoms with Crippen molar-refractivity contribution in [3.05, 3.63) is 41.8 Å². The summed E-state index contributed by atoms with van der Waals surface area (Å²) >= 11 is 0. The van der Waals surface area contributed by atoms with Crippen molar-refractivity contribution < 1.29 is 27.9 Å². The van der Waals surface area contributed by atoms with Gasteiger partial charge in [0, 0.05) is 6.04 Å². The van der Waals surface area contributed by atoms with Gasteiger partial charge in [-0.1, -0.05) is 25.3 Å². The molecule has 0 saturated heterocycles. The molecular weight excluding hydrogens is 346 g/mol. The van der Waals surface area contributed by atoms with Gasteiger partial charge in [-0.2, -0.15) is 0 Å². The molecule has 138 valence electrons. The number of aromatic nitrogens is 1. The number of hydrogen-bond donors (Lipinski definition) is 2. The molecule has 2 atom stereocenters. The average molecular weight is 364 g/mol. The van der Waals surface area contributed by atoms with E-state index in [1.807, 2.05) is 0 Å². The SMILES string of the molecule is O=C(N[C@H]1CCCCC[C@H]1C(=O)O)c1coc(-c2c(F)cccc2F)n1. The first-order chi connectivity index (χ1) is 12.5. The number of aliphatic carboxylic acids is 1. The van der Waals surface area contributed by atoms with E-state index >= 15 is 0 Å². The lowest BCUT2D eigenvalue weighted by atomic mass is 9.95. The summed E-state index contributed by atoms with van der Waals surface area (Å²) in [7, 11) is 0. The highest BCUT2D eigenvalue weighted by atomic mass is 19.1. The van der Waals surface area contributed by atoms with Gasteiger partial charge in [0.25, 0.3) is 5.91 Å². The molecule has 1 heterocycles. The Morgan fingerprint density at radius 3 is 2.54 bits per heavy atom. The number of benzene rings is 1. The molecule has 8 heteroatoms. The molecule has 0 bridgehead atoms. The minimum Gasteiger partial charge on any atom is -0.481 e. The van der Waals surface area contributed by atoms with Crippen LogP contribution in [0.2, 0.25) is 0 Å². The van der Waals surface area contributed by atoms with Gasteiger partial charge in [0.05, 0.1) is 5.92 Å². The molecule has 1 aliphatic carbocycles. The summed E-state index contributed by atoms with van der Waals surface area (Å²) in [5.74, 6) is -4.30. The number of hydrogen-bond acceptors (Lipinski definition) is 4. The maximum absolute atomic E-state index is 13.8. The Morgan fingerprint density at radius 1 is 1.15 bits per heavy atom. The predicted octanol–water partition coefficient (Wildman–Crippen LogP) is 3.38. The summed E-state index contributed by atoms with van der Waals surface area (Å²) in [6.45, 7) is 0. The predicted molar refractivity (Wildman–Crippen MR) is 87.3 cm³/mol. The molecule has 0 spiro atoms. The van der Waals surface area contributed by atoms with Crippen molar-refractivity contribution in [3.63, 3.8) is 0 Å². The summed E-state index contributed by atoms with van der Waals surface area (Å²) in [5, 5.41) is 12.0. The van der Waals surface area contributed by atoms with Gasteiger partial charge in [-0.25, -0.2) is 13.8 Å². The molecule has 1 saturated carbocycles. The van der Waals surface area contributed by atoms with Crippen molar-refractivity contribution in [1.82, 2.24) is 10.3 Å². The smallest absolute Gasteiger partial charge is 0.308 e. The van der Waals surface area contributed by atoms with Crippen LogP contribution in [0.5, 0.6) is 0 Å². The first-order valence-corrected chi connectivity index (χ1v) is 8.41. The fourth-order valence-electron chi connectivity index (χ4n) is 3.21. The number of nitrogens with zero attached hydrogens (tertiary/aromatic N) is 1. The molecule has 2 N–H and O–H groups in total. The van der Waals surface area contributed by atoms with E-state index in [4.69, 9.17) is 4.42 Å². The molecule has 1 aliphatic rings. The summed E-state index contributed by atoms with van der Waals surface area (Å²) in [6.07, 6.45) is 4.57. The van der Waals surface area contributed by atoms with Gasteiger partial charge in [-0.3, -0.25) is 9.59 Å². The Kier molecular flexibility index (Phi) is 5.29. The normalized spacial score (nSPS) is 20.4. The summed E-state index contributed by atoms with van der Waals surface area (Å²) < 4.78 is 32.7. The van der Waals surface area contributed by atoms with Gasteiger partial charge in [-0.05, 0) is 25.0 Å². The van der Waals surface area contributed by atoms with Crippen molar-refractivity contribution in [3.8, 4) is 11.5 Å². The standard InChI is InChI=1S/C18H18F2N2O4/c19-11-6-4-7-12(20)15(11)17-22-14(9-26-17)16(23)21-13-8-3-1-2-5-10(13)18(24)25/h4,6-7,9-10,13H,1-3,5,8H2,(H,21,23)(H,24,25)/t10-,13+/m1/s1. The lowest BCUT2D eigenvalue weighted by Crippen LogP contribution is -2.42. The van der Waals surface area contributed by atoms with E-state index in [1.54, 1.807) is 0 Å². The number of nitrogens with one attached hydrogen (secondary N) is 1. The first kappa shape index (κ1) is 18.0. The van der Waals surface area contributed by atoms with E-state index in [1.165, 1.54) is 6.07 Å². The van der Waals surface area contributed by atoms with Gasteiger partial charge in [0.2, 0.25) is 5.89 Å². The van der Waals surface area contributed by atoms with Crippen LogP contribution in [0.25, 0.3) is 11.5 Å². The van der Waals surface area contributed by atoms with Gasteiger partial charge >= 0.3 is 5.97 Å². The Labute approximate surface area is 148 Å². The van der Waals surface area contributed by atoms with E-state index < -0.39 is 41.0 Å². The lowest BCUT2D eigenvalue weighted by molar-refractivity contribution is -0.142. The van der Waals surface area contributed by atoms with Crippen LogP contribution in [0.3, 0.4) is 0 Å². The van der Waals surface area contributed by atoms with Gasteiger partial charge in [0.15, 0.2) is 5.69 Å². The molecule has 1 amide bonds. The number of halogens is 2. The van der Waals surface area contributed by atoms with E-state index in [-0.39, 0.29) is 11.6 Å². The number of carbonyl (C=O) groups is 2. The van der Waals surface area contributed by atoms with E-state index in [0.29, 0.717) is 12.8 Å². The van der Waals surface area contributed by atoms with Gasteiger partial charge < -0.3 is 14.8 Å². The van der Waals surface area contributed by atoms with Crippen molar-refractivity contribution in [2.45, 2.75) is 38.1 Å². The number of amides is 1. The molecule has 0 aliphatic heterocycles. The molecule has 3 rings (SSSR count). The third-order valence-corrected chi connectivity index (χ3v) is 4.56. The van der Waals surface area contributed by atoms with Crippen LogP contribution in [0, 0.1) is 17.6 Å². The van der Waals surface area contributed by atoms with E-state index in [9.17, 15) is 23.5 Å². The van der Waals surface area contributed by atoms with Crippen LogP contribution in [-0.2, 0) is 4.79 Å². The van der Waals surface area contributed by atoms with Gasteiger partial charge in [-0.15, -0.1) is 0 Å². The van der Waals surface area contributed by atoms with Crippen LogP contribution in [-0.4, -0.2) is 28.0 Å². The zero-order valence-corrected chi connectivity index (χ0v) is 13.9. The third kappa shape index (κ3) is 3.74. The summed E-state index contributed by atoms with van der Waals surface area (Å²) in [6, 6.07) is 2.81. The highest BCUT2D eigenvalue weighted by Gasteiger charge is 2.31. The van der Waals surface area contributed by atoms with Crippen LogP contribution >= 0.6 is 0 Å². The van der Waals surface area contributed by atoms with Crippen molar-refractivity contribution in [2.24, 2.45) is 5.92 Å². The second kappa shape index (κ2) is 7.63. The minimum atomic E-state index is -0.952.